The molecule has 2 aromatic rings. The predicted molar refractivity (Wildman–Crippen MR) is 94.3 cm³/mol. The van der Waals surface area contributed by atoms with Gasteiger partial charge in [0.25, 0.3) is 0 Å². The standard InChI is InChI=1S/C15H15Br2NO2S/c1-8-4-5-13(21-8)9(2)18-14-11(15(19)20-3)6-10(16)7-12(14)17/h4-7,9,18H,1-3H3. The first kappa shape index (κ1) is 16.5. The first-order valence-electron chi connectivity index (χ1n) is 6.32. The predicted octanol–water partition coefficient (Wildman–Crippen LogP) is 5.54. The van der Waals surface area contributed by atoms with Crippen LogP contribution in [0, 0.1) is 6.92 Å². The summed E-state index contributed by atoms with van der Waals surface area (Å²) in [5.41, 5.74) is 1.24. The normalized spacial score (nSPS) is 12.0. The number of carbonyl (C=O) groups is 1. The fourth-order valence-corrected chi connectivity index (χ4v) is 4.18. The minimum Gasteiger partial charge on any atom is -0.465 e. The molecule has 2 rings (SSSR count). The molecule has 0 aliphatic carbocycles. The summed E-state index contributed by atoms with van der Waals surface area (Å²) >= 11 is 8.64. The number of anilines is 1. The van der Waals surface area contributed by atoms with Gasteiger partial charge in [-0.1, -0.05) is 15.9 Å². The van der Waals surface area contributed by atoms with Crippen molar-refractivity contribution in [2.24, 2.45) is 0 Å². The van der Waals surface area contributed by atoms with Crippen molar-refractivity contribution in [1.29, 1.82) is 0 Å². The molecular weight excluding hydrogens is 418 g/mol. The molecule has 112 valence electrons. The van der Waals surface area contributed by atoms with E-state index in [4.69, 9.17) is 4.74 Å². The second-order valence-corrected chi connectivity index (χ2v) is 7.71. The van der Waals surface area contributed by atoms with Crippen LogP contribution in [0.25, 0.3) is 0 Å². The molecule has 0 aliphatic heterocycles. The van der Waals surface area contributed by atoms with E-state index in [-0.39, 0.29) is 12.0 Å². The minimum absolute atomic E-state index is 0.101. The van der Waals surface area contributed by atoms with Gasteiger partial charge in [-0.25, -0.2) is 4.79 Å². The molecule has 0 saturated heterocycles. The van der Waals surface area contributed by atoms with Crippen molar-refractivity contribution in [2.45, 2.75) is 19.9 Å². The topological polar surface area (TPSA) is 38.3 Å². The molecule has 0 fully saturated rings. The van der Waals surface area contributed by atoms with E-state index in [9.17, 15) is 4.79 Å². The van der Waals surface area contributed by atoms with Crippen LogP contribution >= 0.6 is 43.2 Å². The van der Waals surface area contributed by atoms with Crippen molar-refractivity contribution in [3.63, 3.8) is 0 Å². The lowest BCUT2D eigenvalue weighted by molar-refractivity contribution is 0.0601. The molecule has 6 heteroatoms. The number of benzene rings is 1. The molecule has 21 heavy (non-hydrogen) atoms. The first-order chi connectivity index (χ1) is 9.92. The monoisotopic (exact) mass is 431 g/mol. The quantitative estimate of drug-likeness (QED) is 0.644. The number of rotatable bonds is 4. The maximum absolute atomic E-state index is 12.0. The van der Waals surface area contributed by atoms with Gasteiger partial charge in [-0.3, -0.25) is 0 Å². The molecule has 0 spiro atoms. The van der Waals surface area contributed by atoms with Crippen molar-refractivity contribution in [1.82, 2.24) is 0 Å². The Balaban J connectivity index is 2.36. The Kier molecular flexibility index (Phi) is 5.46. The van der Waals surface area contributed by atoms with Crippen LogP contribution in [0.1, 0.15) is 33.1 Å². The fraction of sp³-hybridized carbons (Fsp3) is 0.267. The Labute approximate surface area is 145 Å². The number of thiophene rings is 1. The third-order valence-electron chi connectivity index (χ3n) is 3.01. The molecule has 3 nitrogen and oxygen atoms in total. The number of hydrogen-bond donors (Lipinski definition) is 1. The molecule has 1 unspecified atom stereocenters. The van der Waals surface area contributed by atoms with Crippen LogP contribution in [-0.4, -0.2) is 13.1 Å². The minimum atomic E-state index is -0.367. The number of ether oxygens (including phenoxy) is 1. The van der Waals surface area contributed by atoms with Gasteiger partial charge in [0.2, 0.25) is 0 Å². The molecule has 1 heterocycles. The van der Waals surface area contributed by atoms with Crippen molar-refractivity contribution in [3.8, 4) is 0 Å². The van der Waals surface area contributed by atoms with Gasteiger partial charge in [0.15, 0.2) is 0 Å². The third kappa shape index (κ3) is 3.87. The highest BCUT2D eigenvalue weighted by Crippen LogP contribution is 2.35. The molecule has 1 aromatic heterocycles. The summed E-state index contributed by atoms with van der Waals surface area (Å²) < 4.78 is 6.50. The average Bonchev–Trinajstić information content (AvgIpc) is 2.87. The van der Waals surface area contributed by atoms with E-state index < -0.39 is 0 Å². The van der Waals surface area contributed by atoms with Crippen LogP contribution in [0.3, 0.4) is 0 Å². The number of esters is 1. The number of aryl methyl sites for hydroxylation is 1. The van der Waals surface area contributed by atoms with Gasteiger partial charge in [-0.05, 0) is 54.0 Å². The highest BCUT2D eigenvalue weighted by molar-refractivity contribution is 9.11. The van der Waals surface area contributed by atoms with Gasteiger partial charge >= 0.3 is 5.97 Å². The van der Waals surface area contributed by atoms with Gasteiger partial charge in [-0.15, -0.1) is 11.3 Å². The van der Waals surface area contributed by atoms with E-state index in [0.29, 0.717) is 5.56 Å². The van der Waals surface area contributed by atoms with E-state index in [1.54, 1.807) is 17.4 Å². The SMILES string of the molecule is COC(=O)c1cc(Br)cc(Br)c1NC(C)c1ccc(C)s1. The lowest BCUT2D eigenvalue weighted by Gasteiger charge is -2.18. The zero-order valence-corrected chi connectivity index (χ0v) is 15.9. The Morgan fingerprint density at radius 3 is 2.62 bits per heavy atom. The van der Waals surface area contributed by atoms with Crippen molar-refractivity contribution in [3.05, 3.63) is 48.5 Å². The molecule has 0 saturated carbocycles. The highest BCUT2D eigenvalue weighted by atomic mass is 79.9. The molecule has 0 bridgehead atoms. The smallest absolute Gasteiger partial charge is 0.340 e. The van der Waals surface area contributed by atoms with Crippen LogP contribution in [0.2, 0.25) is 0 Å². The second kappa shape index (κ2) is 6.94. The average molecular weight is 433 g/mol. The Morgan fingerprint density at radius 2 is 2.05 bits per heavy atom. The Morgan fingerprint density at radius 1 is 1.33 bits per heavy atom. The van der Waals surface area contributed by atoms with E-state index in [1.807, 2.05) is 6.07 Å². The van der Waals surface area contributed by atoms with Crippen LogP contribution in [0.5, 0.6) is 0 Å². The van der Waals surface area contributed by atoms with E-state index in [0.717, 1.165) is 14.6 Å². The van der Waals surface area contributed by atoms with Gasteiger partial charge in [0, 0.05) is 18.7 Å². The second-order valence-electron chi connectivity index (χ2n) is 4.62. The van der Waals surface area contributed by atoms with E-state index >= 15 is 0 Å². The molecular formula is C15H15Br2NO2S. The van der Waals surface area contributed by atoms with Crippen molar-refractivity contribution < 1.29 is 9.53 Å². The lowest BCUT2D eigenvalue weighted by atomic mass is 10.1. The number of nitrogens with one attached hydrogen (secondary N) is 1. The van der Waals surface area contributed by atoms with E-state index in [1.165, 1.54) is 16.9 Å². The third-order valence-corrected chi connectivity index (χ3v) is 5.28. The Hall–Kier alpha value is -0.850. The number of hydrogen-bond acceptors (Lipinski definition) is 4. The summed E-state index contributed by atoms with van der Waals surface area (Å²) in [6.45, 7) is 4.15. The maximum Gasteiger partial charge on any atom is 0.340 e. The summed E-state index contributed by atoms with van der Waals surface area (Å²) in [6.07, 6.45) is 0. The first-order valence-corrected chi connectivity index (χ1v) is 8.73. The molecule has 0 radical (unpaired) electrons. The molecule has 1 atom stereocenters. The van der Waals surface area contributed by atoms with Gasteiger partial charge in [0.1, 0.15) is 0 Å². The molecule has 0 aliphatic rings. The summed E-state index contributed by atoms with van der Waals surface area (Å²) in [5, 5.41) is 3.39. The maximum atomic E-state index is 12.0. The molecule has 1 aromatic carbocycles. The largest absolute Gasteiger partial charge is 0.465 e. The van der Waals surface area contributed by atoms with Crippen LogP contribution in [-0.2, 0) is 4.74 Å². The summed E-state index contributed by atoms with van der Waals surface area (Å²) in [7, 11) is 1.38. The lowest BCUT2D eigenvalue weighted by Crippen LogP contribution is -2.11. The van der Waals surface area contributed by atoms with Crippen LogP contribution < -0.4 is 5.32 Å². The van der Waals surface area contributed by atoms with Crippen LogP contribution in [0.15, 0.2) is 33.2 Å². The van der Waals surface area contributed by atoms with Gasteiger partial charge in [0.05, 0.1) is 24.4 Å². The highest BCUT2D eigenvalue weighted by Gasteiger charge is 2.18. The van der Waals surface area contributed by atoms with Crippen molar-refractivity contribution >= 4 is 54.9 Å². The molecule has 0 amide bonds. The number of halogens is 2. The molecule has 1 N–H and O–H groups in total. The van der Waals surface area contributed by atoms with Crippen LogP contribution in [0.4, 0.5) is 5.69 Å². The number of methoxy groups -OCH3 is 1. The summed E-state index contributed by atoms with van der Waals surface area (Å²) in [6, 6.07) is 7.95. The van der Waals surface area contributed by atoms with Gasteiger partial charge < -0.3 is 10.1 Å². The zero-order valence-electron chi connectivity index (χ0n) is 11.9. The fourth-order valence-electron chi connectivity index (χ4n) is 1.97. The zero-order chi connectivity index (χ0) is 15.6. The number of carbonyl (C=O) groups excluding carboxylic acids is 1. The summed E-state index contributed by atoms with van der Waals surface area (Å²) in [5.74, 6) is -0.367. The van der Waals surface area contributed by atoms with Gasteiger partial charge in [-0.2, -0.15) is 0 Å². The Bertz CT molecular complexity index is 670. The van der Waals surface area contributed by atoms with E-state index in [2.05, 4.69) is 63.2 Å². The summed E-state index contributed by atoms with van der Waals surface area (Å²) in [4.78, 5) is 14.4. The van der Waals surface area contributed by atoms with Crippen molar-refractivity contribution in [2.75, 3.05) is 12.4 Å².